The average molecular weight is 313 g/mol. The third kappa shape index (κ3) is 4.81. The first-order chi connectivity index (χ1) is 11.1. The molecule has 0 amide bonds. The highest BCUT2D eigenvalue weighted by Gasteiger charge is 2.27. The normalized spacial score (nSPS) is 13.8. The molecule has 1 N–H and O–H groups in total. The molecule has 0 fully saturated rings. The monoisotopic (exact) mass is 313 g/mol. The Bertz CT molecular complexity index is 600. The maximum absolute atomic E-state index is 11.0. The van der Waals surface area contributed by atoms with Crippen LogP contribution >= 0.6 is 0 Å². The summed E-state index contributed by atoms with van der Waals surface area (Å²) in [7, 11) is 3.74. The SMILES string of the molecule is CCC(O)(CCN(C)Cc1ccccc1)c1cccc(OC)c1. The van der Waals surface area contributed by atoms with Crippen molar-refractivity contribution in [1.82, 2.24) is 4.90 Å². The number of benzene rings is 2. The molecule has 0 saturated carbocycles. The Hall–Kier alpha value is -1.84. The molecular weight excluding hydrogens is 286 g/mol. The Balaban J connectivity index is 2.00. The minimum Gasteiger partial charge on any atom is -0.497 e. The van der Waals surface area contributed by atoms with Gasteiger partial charge in [0.1, 0.15) is 5.75 Å². The van der Waals surface area contributed by atoms with Gasteiger partial charge in [-0.25, -0.2) is 0 Å². The van der Waals surface area contributed by atoms with Crippen LogP contribution in [0.2, 0.25) is 0 Å². The molecule has 0 aliphatic carbocycles. The van der Waals surface area contributed by atoms with Gasteiger partial charge in [-0.1, -0.05) is 49.4 Å². The van der Waals surface area contributed by atoms with Gasteiger partial charge in [-0.15, -0.1) is 0 Å². The van der Waals surface area contributed by atoms with Gasteiger partial charge in [-0.2, -0.15) is 0 Å². The first kappa shape index (κ1) is 17.5. The summed E-state index contributed by atoms with van der Waals surface area (Å²) >= 11 is 0. The largest absolute Gasteiger partial charge is 0.497 e. The van der Waals surface area contributed by atoms with Crippen LogP contribution in [0.15, 0.2) is 54.6 Å². The lowest BCUT2D eigenvalue weighted by Gasteiger charge is -2.30. The summed E-state index contributed by atoms with van der Waals surface area (Å²) in [4.78, 5) is 2.25. The van der Waals surface area contributed by atoms with Crippen molar-refractivity contribution < 1.29 is 9.84 Å². The van der Waals surface area contributed by atoms with E-state index in [-0.39, 0.29) is 0 Å². The van der Waals surface area contributed by atoms with Gasteiger partial charge < -0.3 is 14.7 Å². The van der Waals surface area contributed by atoms with Gasteiger partial charge in [-0.05, 0) is 43.1 Å². The molecule has 2 aromatic carbocycles. The third-order valence-corrected chi connectivity index (χ3v) is 4.39. The Labute approximate surface area is 139 Å². The Morgan fingerprint density at radius 1 is 1.09 bits per heavy atom. The highest BCUT2D eigenvalue weighted by atomic mass is 16.5. The van der Waals surface area contributed by atoms with Crippen LogP contribution in [0.5, 0.6) is 5.75 Å². The molecule has 0 bridgehead atoms. The molecule has 0 saturated heterocycles. The highest BCUT2D eigenvalue weighted by molar-refractivity contribution is 5.32. The molecule has 0 spiro atoms. The van der Waals surface area contributed by atoms with Crippen molar-refractivity contribution in [3.8, 4) is 5.75 Å². The number of hydrogen-bond acceptors (Lipinski definition) is 3. The minimum atomic E-state index is -0.820. The average Bonchev–Trinajstić information content (AvgIpc) is 2.60. The molecule has 0 aliphatic rings. The molecule has 0 radical (unpaired) electrons. The fourth-order valence-corrected chi connectivity index (χ4v) is 2.79. The van der Waals surface area contributed by atoms with E-state index in [2.05, 4.69) is 36.2 Å². The second-order valence-electron chi connectivity index (χ2n) is 6.09. The molecule has 1 unspecified atom stereocenters. The molecule has 2 rings (SSSR count). The van der Waals surface area contributed by atoms with Crippen LogP contribution in [-0.2, 0) is 12.1 Å². The molecule has 1 atom stereocenters. The molecule has 0 heterocycles. The zero-order chi connectivity index (χ0) is 16.7. The van der Waals surface area contributed by atoms with Crippen molar-refractivity contribution in [2.45, 2.75) is 31.9 Å². The molecule has 23 heavy (non-hydrogen) atoms. The van der Waals surface area contributed by atoms with Gasteiger partial charge in [0.05, 0.1) is 12.7 Å². The highest BCUT2D eigenvalue weighted by Crippen LogP contribution is 2.31. The van der Waals surface area contributed by atoms with E-state index in [1.807, 2.05) is 37.3 Å². The number of ether oxygens (including phenoxy) is 1. The second-order valence-corrected chi connectivity index (χ2v) is 6.09. The van der Waals surface area contributed by atoms with Gasteiger partial charge in [0.2, 0.25) is 0 Å². The Morgan fingerprint density at radius 3 is 2.48 bits per heavy atom. The standard InChI is InChI=1S/C20H27NO2/c1-4-20(22,18-11-8-12-19(15-18)23-3)13-14-21(2)16-17-9-6-5-7-10-17/h5-12,15,22H,4,13-14,16H2,1-3H3. The van der Waals surface area contributed by atoms with Crippen LogP contribution in [0, 0.1) is 0 Å². The van der Waals surface area contributed by atoms with Crippen molar-refractivity contribution in [2.24, 2.45) is 0 Å². The van der Waals surface area contributed by atoms with Crippen molar-refractivity contribution in [3.63, 3.8) is 0 Å². The summed E-state index contributed by atoms with van der Waals surface area (Å²) < 4.78 is 5.28. The molecule has 124 valence electrons. The molecular formula is C20H27NO2. The van der Waals surface area contributed by atoms with E-state index in [9.17, 15) is 5.11 Å². The van der Waals surface area contributed by atoms with E-state index in [4.69, 9.17) is 4.74 Å². The molecule has 0 aliphatic heterocycles. The summed E-state index contributed by atoms with van der Waals surface area (Å²) in [6.07, 6.45) is 1.37. The molecule has 3 heteroatoms. The second kappa shape index (κ2) is 8.14. The van der Waals surface area contributed by atoms with E-state index >= 15 is 0 Å². The van der Waals surface area contributed by atoms with Crippen molar-refractivity contribution in [2.75, 3.05) is 20.7 Å². The van der Waals surface area contributed by atoms with Crippen molar-refractivity contribution >= 4 is 0 Å². The van der Waals surface area contributed by atoms with E-state index < -0.39 is 5.60 Å². The first-order valence-corrected chi connectivity index (χ1v) is 8.17. The Kier molecular flexibility index (Phi) is 6.20. The Morgan fingerprint density at radius 2 is 1.83 bits per heavy atom. The number of hydrogen-bond donors (Lipinski definition) is 1. The zero-order valence-corrected chi connectivity index (χ0v) is 14.3. The van der Waals surface area contributed by atoms with E-state index in [1.54, 1.807) is 7.11 Å². The van der Waals surface area contributed by atoms with Crippen LogP contribution in [0.1, 0.15) is 30.9 Å². The fraction of sp³-hybridized carbons (Fsp3) is 0.400. The lowest BCUT2D eigenvalue weighted by Crippen LogP contribution is -2.31. The molecule has 0 aromatic heterocycles. The van der Waals surface area contributed by atoms with Crippen LogP contribution in [0.3, 0.4) is 0 Å². The lowest BCUT2D eigenvalue weighted by atomic mass is 9.87. The first-order valence-electron chi connectivity index (χ1n) is 8.17. The smallest absolute Gasteiger partial charge is 0.119 e. The summed E-state index contributed by atoms with van der Waals surface area (Å²) in [6, 6.07) is 18.1. The minimum absolute atomic E-state index is 0.680. The van der Waals surface area contributed by atoms with E-state index in [0.29, 0.717) is 12.8 Å². The number of aliphatic hydroxyl groups is 1. The maximum atomic E-state index is 11.0. The predicted molar refractivity (Wildman–Crippen MR) is 94.6 cm³/mol. The maximum Gasteiger partial charge on any atom is 0.119 e. The van der Waals surface area contributed by atoms with E-state index in [0.717, 1.165) is 24.4 Å². The van der Waals surface area contributed by atoms with Crippen LogP contribution in [0.4, 0.5) is 0 Å². The van der Waals surface area contributed by atoms with Crippen LogP contribution < -0.4 is 4.74 Å². The van der Waals surface area contributed by atoms with Crippen LogP contribution in [-0.4, -0.2) is 30.7 Å². The van der Waals surface area contributed by atoms with Crippen LogP contribution in [0.25, 0.3) is 0 Å². The van der Waals surface area contributed by atoms with Gasteiger partial charge in [0.15, 0.2) is 0 Å². The van der Waals surface area contributed by atoms with Gasteiger partial charge >= 0.3 is 0 Å². The quantitative estimate of drug-likeness (QED) is 0.804. The zero-order valence-electron chi connectivity index (χ0n) is 14.3. The van der Waals surface area contributed by atoms with Gasteiger partial charge in [0.25, 0.3) is 0 Å². The van der Waals surface area contributed by atoms with Gasteiger partial charge in [0, 0.05) is 13.1 Å². The molecule has 3 nitrogen and oxygen atoms in total. The van der Waals surface area contributed by atoms with Crippen molar-refractivity contribution in [1.29, 1.82) is 0 Å². The number of methoxy groups -OCH3 is 1. The number of rotatable bonds is 8. The third-order valence-electron chi connectivity index (χ3n) is 4.39. The molecule has 2 aromatic rings. The van der Waals surface area contributed by atoms with E-state index in [1.165, 1.54) is 5.56 Å². The summed E-state index contributed by atoms with van der Waals surface area (Å²) in [6.45, 7) is 3.74. The van der Waals surface area contributed by atoms with Gasteiger partial charge in [-0.3, -0.25) is 0 Å². The number of nitrogens with zero attached hydrogens (tertiary/aromatic N) is 1. The lowest BCUT2D eigenvalue weighted by molar-refractivity contribution is 0.0146. The fourth-order valence-electron chi connectivity index (χ4n) is 2.79. The summed E-state index contributed by atoms with van der Waals surface area (Å²) in [5.41, 5.74) is 1.39. The topological polar surface area (TPSA) is 32.7 Å². The summed E-state index contributed by atoms with van der Waals surface area (Å²) in [5, 5.41) is 11.0. The predicted octanol–water partition coefficient (Wildman–Crippen LogP) is 3.81. The summed E-state index contributed by atoms with van der Waals surface area (Å²) in [5.74, 6) is 0.784. The van der Waals surface area contributed by atoms with Crippen molar-refractivity contribution in [3.05, 3.63) is 65.7 Å².